The highest BCUT2D eigenvalue weighted by Gasteiger charge is 2.45. The molecule has 122 valence electrons. The van der Waals surface area contributed by atoms with Crippen LogP contribution in [0.1, 0.15) is 21.5 Å². The Kier molecular flexibility index (Phi) is 4.81. The van der Waals surface area contributed by atoms with Gasteiger partial charge in [-0.2, -0.15) is 13.2 Å². The van der Waals surface area contributed by atoms with E-state index in [0.29, 0.717) is 10.6 Å². The Morgan fingerprint density at radius 1 is 0.913 bits per heavy atom. The van der Waals surface area contributed by atoms with Crippen LogP contribution in [-0.4, -0.2) is 19.7 Å². The Morgan fingerprint density at radius 3 is 1.78 bits per heavy atom. The number of sulfone groups is 1. The summed E-state index contributed by atoms with van der Waals surface area (Å²) in [6.07, 6.45) is 0. The molecule has 23 heavy (non-hydrogen) atoms. The van der Waals surface area contributed by atoms with Crippen molar-refractivity contribution in [3.63, 3.8) is 0 Å². The molecule has 0 N–H and O–H groups in total. The minimum absolute atomic E-state index is 0.0463. The van der Waals surface area contributed by atoms with Gasteiger partial charge in [0.2, 0.25) is 0 Å². The molecular weight excluding hydrogens is 353 g/mol. The van der Waals surface area contributed by atoms with E-state index < -0.39 is 21.1 Å². The van der Waals surface area contributed by atoms with Gasteiger partial charge in [-0.25, -0.2) is 8.42 Å². The summed E-state index contributed by atoms with van der Waals surface area (Å²) in [4.78, 5) is 12.2. The van der Waals surface area contributed by atoms with Crippen LogP contribution in [0.4, 0.5) is 13.2 Å². The van der Waals surface area contributed by atoms with Crippen molar-refractivity contribution in [1.82, 2.24) is 0 Å². The minimum atomic E-state index is -5.30. The molecular formula is C15H10ClF3O3S. The number of halogens is 4. The summed E-state index contributed by atoms with van der Waals surface area (Å²) < 4.78 is 59.2. The van der Waals surface area contributed by atoms with Gasteiger partial charge >= 0.3 is 5.51 Å². The van der Waals surface area contributed by atoms with Crippen molar-refractivity contribution in [2.24, 2.45) is 0 Å². The van der Waals surface area contributed by atoms with Crippen molar-refractivity contribution in [3.8, 4) is 0 Å². The van der Waals surface area contributed by atoms with E-state index in [-0.39, 0.29) is 16.9 Å². The fourth-order valence-electron chi connectivity index (χ4n) is 1.82. The first-order valence-electron chi connectivity index (χ1n) is 6.28. The Balaban J connectivity index is 2.20. The molecule has 0 saturated heterocycles. The van der Waals surface area contributed by atoms with E-state index in [1.807, 2.05) is 0 Å². The molecule has 0 fully saturated rings. The molecule has 0 aliphatic carbocycles. The van der Waals surface area contributed by atoms with Crippen LogP contribution in [0.2, 0.25) is 5.02 Å². The second-order valence-electron chi connectivity index (χ2n) is 4.74. The van der Waals surface area contributed by atoms with E-state index in [9.17, 15) is 26.4 Å². The van der Waals surface area contributed by atoms with Gasteiger partial charge in [0.05, 0.1) is 5.75 Å². The molecule has 0 aliphatic rings. The number of carbonyl (C=O) groups excluding carboxylic acids is 1. The largest absolute Gasteiger partial charge is 0.497 e. The molecule has 0 amide bonds. The van der Waals surface area contributed by atoms with E-state index in [0.717, 1.165) is 0 Å². The van der Waals surface area contributed by atoms with Crippen molar-refractivity contribution >= 4 is 27.2 Å². The van der Waals surface area contributed by atoms with Crippen LogP contribution in [-0.2, 0) is 15.6 Å². The van der Waals surface area contributed by atoms with Gasteiger partial charge in [-0.1, -0.05) is 35.9 Å². The van der Waals surface area contributed by atoms with Crippen molar-refractivity contribution < 1.29 is 26.4 Å². The zero-order chi connectivity index (χ0) is 17.3. The molecule has 0 unspecified atom stereocenters. The lowest BCUT2D eigenvalue weighted by molar-refractivity contribution is -0.0437. The number of alkyl halides is 3. The molecule has 3 nitrogen and oxygen atoms in total. The van der Waals surface area contributed by atoms with Gasteiger partial charge < -0.3 is 0 Å². The topological polar surface area (TPSA) is 51.2 Å². The Labute approximate surface area is 135 Å². The van der Waals surface area contributed by atoms with Gasteiger partial charge in [-0.15, -0.1) is 0 Å². The summed E-state index contributed by atoms with van der Waals surface area (Å²) in [5.74, 6) is -1.50. The smallest absolute Gasteiger partial charge is 0.289 e. The summed E-state index contributed by atoms with van der Waals surface area (Å²) in [5.41, 5.74) is -4.74. The monoisotopic (exact) mass is 362 g/mol. The third-order valence-electron chi connectivity index (χ3n) is 3.03. The molecule has 0 heterocycles. The lowest BCUT2D eigenvalue weighted by Crippen LogP contribution is -2.24. The number of rotatable bonds is 4. The maximum absolute atomic E-state index is 12.3. The zero-order valence-electron chi connectivity index (χ0n) is 11.5. The third-order valence-corrected chi connectivity index (χ3v) is 4.70. The number of hydrogen-bond acceptors (Lipinski definition) is 3. The normalized spacial score (nSPS) is 12.2. The molecule has 2 rings (SSSR count). The molecule has 0 saturated carbocycles. The minimum Gasteiger partial charge on any atom is -0.289 e. The van der Waals surface area contributed by atoms with Crippen molar-refractivity contribution in [2.75, 3.05) is 0 Å². The first-order valence-corrected chi connectivity index (χ1v) is 8.31. The van der Waals surface area contributed by atoms with Crippen LogP contribution >= 0.6 is 11.6 Å². The van der Waals surface area contributed by atoms with Crippen molar-refractivity contribution in [1.29, 1.82) is 0 Å². The molecule has 8 heteroatoms. The fraction of sp³-hybridized carbons (Fsp3) is 0.133. The first kappa shape index (κ1) is 17.5. The molecule has 0 atom stereocenters. The maximum atomic E-state index is 12.3. The molecule has 0 radical (unpaired) electrons. The quantitative estimate of drug-likeness (QED) is 0.772. The molecule has 0 bridgehead atoms. The van der Waals surface area contributed by atoms with Gasteiger partial charge in [0.1, 0.15) is 0 Å². The summed E-state index contributed by atoms with van der Waals surface area (Å²) in [5, 5.41) is 0.467. The number of carbonyl (C=O) groups is 1. The number of hydrogen-bond donors (Lipinski definition) is 0. The summed E-state index contributed by atoms with van der Waals surface area (Å²) in [6.45, 7) is 0. The Morgan fingerprint density at radius 2 is 1.35 bits per heavy atom. The lowest BCUT2D eigenvalue weighted by Gasteiger charge is -2.08. The van der Waals surface area contributed by atoms with Crippen LogP contribution in [0.25, 0.3) is 0 Å². The zero-order valence-corrected chi connectivity index (χ0v) is 13.0. The highest BCUT2D eigenvalue weighted by molar-refractivity contribution is 7.91. The first-order chi connectivity index (χ1) is 10.6. The SMILES string of the molecule is O=C(c1ccc(Cl)cc1)c1ccc(CS(=O)(=O)C(F)(F)F)cc1. The second kappa shape index (κ2) is 6.33. The van der Waals surface area contributed by atoms with E-state index in [1.54, 1.807) is 12.1 Å². The van der Waals surface area contributed by atoms with Gasteiger partial charge in [0, 0.05) is 16.1 Å². The average Bonchev–Trinajstić information content (AvgIpc) is 2.46. The van der Waals surface area contributed by atoms with E-state index in [2.05, 4.69) is 0 Å². The van der Waals surface area contributed by atoms with Gasteiger partial charge in [0.25, 0.3) is 9.84 Å². The van der Waals surface area contributed by atoms with Crippen LogP contribution in [0.5, 0.6) is 0 Å². The van der Waals surface area contributed by atoms with Crippen LogP contribution in [0.15, 0.2) is 48.5 Å². The molecule has 2 aromatic carbocycles. The Bertz CT molecular complexity index is 811. The molecule has 0 aromatic heterocycles. The van der Waals surface area contributed by atoms with E-state index in [4.69, 9.17) is 11.6 Å². The van der Waals surface area contributed by atoms with Gasteiger partial charge in [0.15, 0.2) is 5.78 Å². The summed E-state index contributed by atoms with van der Waals surface area (Å²) in [6, 6.07) is 11.1. The standard InChI is InChI=1S/C15H10ClF3O3S/c16-13-7-5-12(6-8-13)14(20)11-3-1-10(2-4-11)9-23(21,22)15(17,18)19/h1-8H,9H2. The van der Waals surface area contributed by atoms with Crippen LogP contribution in [0.3, 0.4) is 0 Å². The summed E-state index contributed by atoms with van der Waals surface area (Å²) >= 11 is 5.72. The van der Waals surface area contributed by atoms with E-state index >= 15 is 0 Å². The molecule has 2 aromatic rings. The molecule has 0 aliphatic heterocycles. The summed E-state index contributed by atoms with van der Waals surface area (Å²) in [7, 11) is -5.24. The van der Waals surface area contributed by atoms with Crippen molar-refractivity contribution in [2.45, 2.75) is 11.3 Å². The third kappa shape index (κ3) is 4.11. The lowest BCUT2D eigenvalue weighted by atomic mass is 10.0. The molecule has 0 spiro atoms. The fourth-order valence-corrected chi connectivity index (χ4v) is 2.74. The van der Waals surface area contributed by atoms with Crippen LogP contribution in [0, 0.1) is 0 Å². The second-order valence-corrected chi connectivity index (χ2v) is 7.16. The number of ketones is 1. The Hall–Kier alpha value is -1.86. The van der Waals surface area contributed by atoms with Crippen LogP contribution < -0.4 is 0 Å². The average molecular weight is 363 g/mol. The highest BCUT2D eigenvalue weighted by atomic mass is 35.5. The van der Waals surface area contributed by atoms with Crippen molar-refractivity contribution in [3.05, 3.63) is 70.2 Å². The van der Waals surface area contributed by atoms with Gasteiger partial charge in [-0.05, 0) is 29.8 Å². The predicted molar refractivity (Wildman–Crippen MR) is 80.0 cm³/mol. The van der Waals surface area contributed by atoms with E-state index in [1.165, 1.54) is 36.4 Å². The predicted octanol–water partition coefficient (Wildman–Crippen LogP) is 4.01. The number of benzene rings is 2. The maximum Gasteiger partial charge on any atom is 0.497 e. The highest BCUT2D eigenvalue weighted by Crippen LogP contribution is 2.27. The van der Waals surface area contributed by atoms with Gasteiger partial charge in [-0.3, -0.25) is 4.79 Å².